The van der Waals surface area contributed by atoms with Crippen molar-refractivity contribution in [2.24, 2.45) is 28.6 Å². The molecule has 2 aliphatic rings. The molecular weight excluding hydrogens is 288 g/mol. The molecule has 0 amide bonds. The van der Waals surface area contributed by atoms with Crippen LogP contribution in [0.3, 0.4) is 0 Å². The SMILES string of the molecule is CC(C)(C)C=CC(C1=CCC=C1)C(C=CC(C)(C)C)C1C=CC=C1. The molecule has 2 atom stereocenters. The van der Waals surface area contributed by atoms with Gasteiger partial charge in [-0.1, -0.05) is 108 Å². The van der Waals surface area contributed by atoms with Gasteiger partial charge in [0.25, 0.3) is 0 Å². The van der Waals surface area contributed by atoms with Gasteiger partial charge in [-0.3, -0.25) is 0 Å². The fourth-order valence-corrected chi connectivity index (χ4v) is 3.17. The molecule has 24 heavy (non-hydrogen) atoms. The Morgan fingerprint density at radius 3 is 2.00 bits per heavy atom. The lowest BCUT2D eigenvalue weighted by atomic mass is 9.76. The van der Waals surface area contributed by atoms with Crippen molar-refractivity contribution in [2.75, 3.05) is 0 Å². The summed E-state index contributed by atoms with van der Waals surface area (Å²) in [5.74, 6) is 1.37. The first-order valence-electron chi connectivity index (χ1n) is 9.26. The van der Waals surface area contributed by atoms with E-state index in [2.05, 4.69) is 108 Å². The van der Waals surface area contributed by atoms with Crippen molar-refractivity contribution in [2.45, 2.75) is 48.0 Å². The molecule has 0 bridgehead atoms. The van der Waals surface area contributed by atoms with Crippen LogP contribution in [0.4, 0.5) is 0 Å². The molecule has 0 radical (unpaired) electrons. The fraction of sp³-hybridized carbons (Fsp3) is 0.500. The smallest absolute Gasteiger partial charge is 0.00865 e. The van der Waals surface area contributed by atoms with E-state index in [-0.39, 0.29) is 10.8 Å². The van der Waals surface area contributed by atoms with Crippen molar-refractivity contribution in [3.8, 4) is 0 Å². The highest BCUT2D eigenvalue weighted by atomic mass is 14.3. The van der Waals surface area contributed by atoms with E-state index in [4.69, 9.17) is 0 Å². The van der Waals surface area contributed by atoms with Crippen molar-refractivity contribution in [3.05, 3.63) is 72.4 Å². The molecule has 0 heteroatoms. The summed E-state index contributed by atoms with van der Waals surface area (Å²) in [6, 6.07) is 0. The summed E-state index contributed by atoms with van der Waals surface area (Å²) < 4.78 is 0. The molecule has 2 unspecified atom stereocenters. The van der Waals surface area contributed by atoms with Gasteiger partial charge in [0.15, 0.2) is 0 Å². The molecule has 0 aromatic heterocycles. The zero-order chi connectivity index (χ0) is 17.8. The summed E-state index contributed by atoms with van der Waals surface area (Å²) in [6.07, 6.45) is 26.8. The van der Waals surface area contributed by atoms with Crippen LogP contribution >= 0.6 is 0 Å². The van der Waals surface area contributed by atoms with E-state index in [1.807, 2.05) is 0 Å². The zero-order valence-corrected chi connectivity index (χ0v) is 16.3. The Kier molecular flexibility index (Phi) is 5.91. The van der Waals surface area contributed by atoms with Gasteiger partial charge in [-0.25, -0.2) is 0 Å². The lowest BCUT2D eigenvalue weighted by molar-refractivity contribution is 0.453. The van der Waals surface area contributed by atoms with Gasteiger partial charge in [-0.15, -0.1) is 0 Å². The third-order valence-electron chi connectivity index (χ3n) is 4.44. The topological polar surface area (TPSA) is 0 Å². The monoisotopic (exact) mass is 322 g/mol. The summed E-state index contributed by atoms with van der Waals surface area (Å²) >= 11 is 0. The molecule has 2 rings (SSSR count). The molecule has 0 fully saturated rings. The van der Waals surface area contributed by atoms with Crippen molar-refractivity contribution in [1.82, 2.24) is 0 Å². The largest absolute Gasteiger partial charge is 0.0831 e. The van der Waals surface area contributed by atoms with Crippen molar-refractivity contribution >= 4 is 0 Å². The second-order valence-corrected chi connectivity index (χ2v) is 9.24. The van der Waals surface area contributed by atoms with Crippen LogP contribution in [0.15, 0.2) is 72.4 Å². The van der Waals surface area contributed by atoms with E-state index in [0.717, 1.165) is 6.42 Å². The molecule has 130 valence electrons. The summed E-state index contributed by atoms with van der Waals surface area (Å²) in [4.78, 5) is 0. The molecule has 0 N–H and O–H groups in total. The number of rotatable bonds is 5. The predicted octanol–water partition coefficient (Wildman–Crippen LogP) is 7.05. The van der Waals surface area contributed by atoms with Crippen LogP contribution < -0.4 is 0 Å². The van der Waals surface area contributed by atoms with Crippen molar-refractivity contribution in [3.63, 3.8) is 0 Å². The van der Waals surface area contributed by atoms with Gasteiger partial charge in [0.05, 0.1) is 0 Å². The Balaban J connectivity index is 2.37. The Morgan fingerprint density at radius 2 is 1.50 bits per heavy atom. The van der Waals surface area contributed by atoms with Gasteiger partial charge in [0.2, 0.25) is 0 Å². The highest BCUT2D eigenvalue weighted by Gasteiger charge is 2.27. The Morgan fingerprint density at radius 1 is 0.917 bits per heavy atom. The molecule has 0 heterocycles. The van der Waals surface area contributed by atoms with Crippen LogP contribution in [-0.4, -0.2) is 0 Å². The minimum absolute atomic E-state index is 0.209. The van der Waals surface area contributed by atoms with Crippen LogP contribution in [0.25, 0.3) is 0 Å². The maximum atomic E-state index is 2.45. The summed E-state index contributed by atoms with van der Waals surface area (Å²) in [5, 5.41) is 0. The fourth-order valence-electron chi connectivity index (χ4n) is 3.17. The second kappa shape index (κ2) is 7.55. The number of allylic oxidation sites excluding steroid dienone is 12. The Bertz CT molecular complexity index is 579. The van der Waals surface area contributed by atoms with E-state index in [1.54, 1.807) is 0 Å². The molecule has 0 saturated heterocycles. The van der Waals surface area contributed by atoms with Crippen molar-refractivity contribution < 1.29 is 0 Å². The average Bonchev–Trinajstić information content (AvgIpc) is 3.12. The molecule has 0 aromatic rings. The van der Waals surface area contributed by atoms with E-state index in [0.29, 0.717) is 17.8 Å². The van der Waals surface area contributed by atoms with Crippen LogP contribution in [0.5, 0.6) is 0 Å². The molecule has 0 nitrogen and oxygen atoms in total. The normalized spacial score (nSPS) is 21.3. The van der Waals surface area contributed by atoms with Gasteiger partial charge < -0.3 is 0 Å². The lowest BCUT2D eigenvalue weighted by Gasteiger charge is -2.28. The Labute approximate surface area is 149 Å². The Hall–Kier alpha value is -1.56. The quantitative estimate of drug-likeness (QED) is 0.476. The van der Waals surface area contributed by atoms with Crippen LogP contribution in [0, 0.1) is 28.6 Å². The molecule has 0 saturated carbocycles. The molecule has 0 aromatic carbocycles. The first-order chi connectivity index (χ1) is 11.2. The highest BCUT2D eigenvalue weighted by molar-refractivity contribution is 5.35. The van der Waals surface area contributed by atoms with E-state index in [9.17, 15) is 0 Å². The third kappa shape index (κ3) is 5.82. The highest BCUT2D eigenvalue weighted by Crippen LogP contribution is 2.37. The van der Waals surface area contributed by atoms with E-state index < -0.39 is 0 Å². The van der Waals surface area contributed by atoms with E-state index >= 15 is 0 Å². The van der Waals surface area contributed by atoms with Gasteiger partial charge in [0.1, 0.15) is 0 Å². The molecular formula is C24H34. The van der Waals surface area contributed by atoms with Crippen LogP contribution in [-0.2, 0) is 0 Å². The summed E-state index contributed by atoms with van der Waals surface area (Å²) in [7, 11) is 0. The van der Waals surface area contributed by atoms with Crippen molar-refractivity contribution in [1.29, 1.82) is 0 Å². The number of hydrogen-bond acceptors (Lipinski definition) is 0. The summed E-state index contributed by atoms with van der Waals surface area (Å²) in [6.45, 7) is 13.6. The maximum Gasteiger partial charge on any atom is 0.00865 e. The average molecular weight is 323 g/mol. The van der Waals surface area contributed by atoms with Crippen LogP contribution in [0.2, 0.25) is 0 Å². The minimum Gasteiger partial charge on any atom is -0.0831 e. The molecule has 0 aliphatic heterocycles. The maximum absolute atomic E-state index is 2.45. The van der Waals surface area contributed by atoms with Gasteiger partial charge in [0, 0.05) is 11.8 Å². The second-order valence-electron chi connectivity index (χ2n) is 9.24. The molecule has 0 spiro atoms. The first kappa shape index (κ1) is 18.8. The number of hydrogen-bond donors (Lipinski definition) is 0. The molecule has 2 aliphatic carbocycles. The van der Waals surface area contributed by atoms with E-state index in [1.165, 1.54) is 5.57 Å². The minimum atomic E-state index is 0.209. The summed E-state index contributed by atoms with van der Waals surface area (Å²) in [5.41, 5.74) is 1.89. The standard InChI is InChI=1S/C24H34/c1-23(2,3)17-15-21(19-11-7-8-12-19)22(16-18-24(4,5)6)20-13-9-10-14-20/h7-9,11-19,21-22H,10H2,1-6H3. The van der Waals surface area contributed by atoms with Crippen LogP contribution in [0.1, 0.15) is 48.0 Å². The third-order valence-corrected chi connectivity index (χ3v) is 4.44. The first-order valence-corrected chi connectivity index (χ1v) is 9.26. The predicted molar refractivity (Wildman–Crippen MR) is 108 cm³/mol. The van der Waals surface area contributed by atoms with Gasteiger partial charge in [-0.2, -0.15) is 0 Å². The van der Waals surface area contributed by atoms with Gasteiger partial charge >= 0.3 is 0 Å². The van der Waals surface area contributed by atoms with Gasteiger partial charge in [-0.05, 0) is 28.7 Å². The lowest BCUT2D eigenvalue weighted by Crippen LogP contribution is -2.20. The zero-order valence-electron chi connectivity index (χ0n) is 16.3.